The minimum Gasteiger partial charge on any atom is -0.384 e. The number of benzene rings is 1. The number of piperidine rings is 1. The molecule has 0 amide bonds. The van der Waals surface area contributed by atoms with Crippen molar-refractivity contribution in [2.24, 2.45) is 0 Å². The van der Waals surface area contributed by atoms with Crippen LogP contribution in [0.4, 0.5) is 5.95 Å². The van der Waals surface area contributed by atoms with Crippen molar-refractivity contribution in [3.05, 3.63) is 73.3 Å². The number of nitrogens with one attached hydrogen (secondary N) is 2. The molecule has 1 atom stereocenters. The summed E-state index contributed by atoms with van der Waals surface area (Å²) in [7, 11) is 0. The van der Waals surface area contributed by atoms with Crippen molar-refractivity contribution < 1.29 is 0 Å². The molecule has 0 bridgehead atoms. The van der Waals surface area contributed by atoms with E-state index in [1.54, 1.807) is 12.4 Å². The van der Waals surface area contributed by atoms with Gasteiger partial charge in [0.25, 0.3) is 0 Å². The van der Waals surface area contributed by atoms with Gasteiger partial charge < -0.3 is 10.6 Å². The van der Waals surface area contributed by atoms with Gasteiger partial charge in [0.2, 0.25) is 5.95 Å². The molecule has 0 aliphatic carbocycles. The quantitative estimate of drug-likeness (QED) is 0.698. The van der Waals surface area contributed by atoms with E-state index in [4.69, 9.17) is 4.98 Å². The third-order valence-corrected chi connectivity index (χ3v) is 4.93. The van der Waals surface area contributed by atoms with Gasteiger partial charge in [-0.15, -0.1) is 0 Å². The first kappa shape index (κ1) is 18.2. The Labute approximate surface area is 166 Å². The van der Waals surface area contributed by atoms with Gasteiger partial charge in [-0.1, -0.05) is 36.9 Å². The maximum atomic E-state index is 4.73. The van der Waals surface area contributed by atoms with Gasteiger partial charge in [0.05, 0.1) is 5.69 Å². The average molecular weight is 371 g/mol. The second-order valence-corrected chi connectivity index (χ2v) is 7.95. The van der Waals surface area contributed by atoms with Crippen LogP contribution in [0, 0.1) is 0 Å². The second-order valence-electron chi connectivity index (χ2n) is 7.95. The Morgan fingerprint density at radius 3 is 2.54 bits per heavy atom. The van der Waals surface area contributed by atoms with E-state index in [-0.39, 0.29) is 11.6 Å². The summed E-state index contributed by atoms with van der Waals surface area (Å²) in [5.41, 5.74) is 5.28. The van der Waals surface area contributed by atoms with Gasteiger partial charge in [0, 0.05) is 47.9 Å². The minimum atomic E-state index is 0.0206. The molecule has 1 unspecified atom stereocenters. The molecule has 142 valence electrons. The van der Waals surface area contributed by atoms with Crippen LogP contribution in [0.25, 0.3) is 22.4 Å². The topological polar surface area (TPSA) is 62.7 Å². The summed E-state index contributed by atoms with van der Waals surface area (Å²) in [6.07, 6.45) is 7.32. The smallest absolute Gasteiger partial charge is 0.223 e. The summed E-state index contributed by atoms with van der Waals surface area (Å²) in [4.78, 5) is 13.3. The summed E-state index contributed by atoms with van der Waals surface area (Å²) in [6.45, 7) is 8.48. The van der Waals surface area contributed by atoms with E-state index in [0.717, 1.165) is 40.9 Å². The monoisotopic (exact) mass is 371 g/mol. The SMILES string of the molecule is C=C1CC(Nc2nccc(-c3ccc(-c4cccnc4)cc3)n2)CC(C)(C)N1. The average Bonchev–Trinajstić information content (AvgIpc) is 2.67. The molecule has 3 heterocycles. The third-order valence-electron chi connectivity index (χ3n) is 4.93. The summed E-state index contributed by atoms with van der Waals surface area (Å²) in [5.74, 6) is 0.657. The van der Waals surface area contributed by atoms with E-state index in [1.165, 1.54) is 0 Å². The first-order valence-corrected chi connectivity index (χ1v) is 9.55. The van der Waals surface area contributed by atoms with E-state index < -0.39 is 0 Å². The third kappa shape index (κ3) is 4.19. The Kier molecular flexibility index (Phi) is 4.82. The first-order valence-electron chi connectivity index (χ1n) is 9.55. The van der Waals surface area contributed by atoms with Crippen LogP contribution in [-0.4, -0.2) is 26.5 Å². The van der Waals surface area contributed by atoms with Crippen molar-refractivity contribution in [2.75, 3.05) is 5.32 Å². The molecule has 0 saturated carbocycles. The van der Waals surface area contributed by atoms with Crippen LogP contribution < -0.4 is 10.6 Å². The zero-order chi connectivity index (χ0) is 19.6. The lowest BCUT2D eigenvalue weighted by atomic mass is 9.88. The van der Waals surface area contributed by atoms with Crippen LogP contribution in [-0.2, 0) is 0 Å². The van der Waals surface area contributed by atoms with Crippen molar-refractivity contribution >= 4 is 5.95 Å². The second kappa shape index (κ2) is 7.43. The van der Waals surface area contributed by atoms with E-state index >= 15 is 0 Å². The molecule has 2 aromatic heterocycles. The van der Waals surface area contributed by atoms with Gasteiger partial charge in [-0.05, 0) is 43.5 Å². The standard InChI is InChI=1S/C23H25N5/c1-16-13-20(14-23(2,3)28-16)26-22-25-12-10-21(27-22)18-8-6-17(7-9-18)19-5-4-11-24-15-19/h4-12,15,20,28H,1,13-14H2,2-3H3,(H,25,26,27). The fourth-order valence-electron chi connectivity index (χ4n) is 3.81. The van der Waals surface area contributed by atoms with E-state index in [9.17, 15) is 0 Å². The predicted molar refractivity (Wildman–Crippen MR) is 114 cm³/mol. The molecular weight excluding hydrogens is 346 g/mol. The molecule has 0 spiro atoms. The van der Waals surface area contributed by atoms with Crippen LogP contribution in [0.2, 0.25) is 0 Å². The molecule has 3 aromatic rings. The Bertz CT molecular complexity index is 964. The number of hydrogen-bond donors (Lipinski definition) is 2. The normalized spacial score (nSPS) is 18.4. The summed E-state index contributed by atoms with van der Waals surface area (Å²) in [5, 5.41) is 6.93. The molecule has 2 N–H and O–H groups in total. The molecule has 5 heteroatoms. The number of aromatic nitrogens is 3. The van der Waals surface area contributed by atoms with E-state index in [0.29, 0.717) is 5.95 Å². The molecule has 28 heavy (non-hydrogen) atoms. The minimum absolute atomic E-state index is 0.0206. The molecule has 1 aromatic carbocycles. The maximum Gasteiger partial charge on any atom is 0.223 e. The molecule has 1 aliphatic heterocycles. The molecular formula is C23H25N5. The van der Waals surface area contributed by atoms with Crippen molar-refractivity contribution in [1.29, 1.82) is 0 Å². The zero-order valence-electron chi connectivity index (χ0n) is 16.3. The van der Waals surface area contributed by atoms with Gasteiger partial charge >= 0.3 is 0 Å². The summed E-state index contributed by atoms with van der Waals surface area (Å²) >= 11 is 0. The molecule has 5 nitrogen and oxygen atoms in total. The zero-order valence-corrected chi connectivity index (χ0v) is 16.3. The van der Waals surface area contributed by atoms with Gasteiger partial charge in [0.1, 0.15) is 0 Å². The van der Waals surface area contributed by atoms with Gasteiger partial charge in [-0.25, -0.2) is 9.97 Å². The Hall–Kier alpha value is -3.21. The fourth-order valence-corrected chi connectivity index (χ4v) is 3.81. The number of hydrogen-bond acceptors (Lipinski definition) is 5. The van der Waals surface area contributed by atoms with Crippen molar-refractivity contribution in [2.45, 2.75) is 38.3 Å². The molecule has 1 fully saturated rings. The predicted octanol–water partition coefficient (Wildman–Crippen LogP) is 4.66. The molecule has 1 aliphatic rings. The highest BCUT2D eigenvalue weighted by Crippen LogP contribution is 2.27. The number of nitrogens with zero attached hydrogens (tertiary/aromatic N) is 3. The van der Waals surface area contributed by atoms with Crippen LogP contribution >= 0.6 is 0 Å². The molecule has 4 rings (SSSR count). The van der Waals surface area contributed by atoms with E-state index in [2.05, 4.69) is 71.4 Å². The van der Waals surface area contributed by atoms with Gasteiger partial charge in [-0.2, -0.15) is 0 Å². The highest BCUT2D eigenvalue weighted by Gasteiger charge is 2.29. The van der Waals surface area contributed by atoms with Crippen LogP contribution in [0.15, 0.2) is 73.3 Å². The lowest BCUT2D eigenvalue weighted by Gasteiger charge is -2.38. The number of anilines is 1. The summed E-state index contributed by atoms with van der Waals surface area (Å²) in [6, 6.07) is 14.6. The molecule has 1 saturated heterocycles. The van der Waals surface area contributed by atoms with Crippen molar-refractivity contribution in [3.8, 4) is 22.4 Å². The van der Waals surface area contributed by atoms with Crippen molar-refractivity contribution in [1.82, 2.24) is 20.3 Å². The van der Waals surface area contributed by atoms with Crippen LogP contribution in [0.1, 0.15) is 26.7 Å². The summed E-state index contributed by atoms with van der Waals surface area (Å²) < 4.78 is 0. The van der Waals surface area contributed by atoms with Gasteiger partial charge in [0.15, 0.2) is 0 Å². The fraction of sp³-hybridized carbons (Fsp3) is 0.261. The number of pyridine rings is 1. The highest BCUT2D eigenvalue weighted by atomic mass is 15.1. The Morgan fingerprint density at radius 1 is 1.04 bits per heavy atom. The van der Waals surface area contributed by atoms with Crippen LogP contribution in [0.5, 0.6) is 0 Å². The maximum absolute atomic E-state index is 4.73. The van der Waals surface area contributed by atoms with E-state index in [1.807, 2.05) is 18.3 Å². The van der Waals surface area contributed by atoms with Gasteiger partial charge in [-0.3, -0.25) is 4.98 Å². The lowest BCUT2D eigenvalue weighted by molar-refractivity contribution is 0.324. The number of rotatable bonds is 4. The van der Waals surface area contributed by atoms with Crippen molar-refractivity contribution in [3.63, 3.8) is 0 Å². The highest BCUT2D eigenvalue weighted by molar-refractivity contribution is 5.68. The molecule has 0 radical (unpaired) electrons. The lowest BCUT2D eigenvalue weighted by Crippen LogP contribution is -2.48. The largest absolute Gasteiger partial charge is 0.384 e. The Balaban J connectivity index is 1.52. The first-order chi connectivity index (χ1) is 13.5. The van der Waals surface area contributed by atoms with Crippen LogP contribution in [0.3, 0.4) is 0 Å². The Morgan fingerprint density at radius 2 is 1.82 bits per heavy atom.